The average Bonchev–Trinajstić information content (AvgIpc) is 2.82. The van der Waals surface area contributed by atoms with Gasteiger partial charge in [0, 0.05) is 26.3 Å². The van der Waals surface area contributed by atoms with Gasteiger partial charge in [0.25, 0.3) is 0 Å². The van der Waals surface area contributed by atoms with Crippen molar-refractivity contribution in [1.29, 1.82) is 0 Å². The Labute approximate surface area is 120 Å². The van der Waals surface area contributed by atoms with E-state index in [1.165, 1.54) is 4.31 Å². The Morgan fingerprint density at radius 1 is 1.45 bits per heavy atom. The van der Waals surface area contributed by atoms with Gasteiger partial charge in [0.1, 0.15) is 0 Å². The highest BCUT2D eigenvalue weighted by Crippen LogP contribution is 2.32. The zero-order valence-corrected chi connectivity index (χ0v) is 12.8. The molecule has 1 unspecified atom stereocenters. The Hall–Kier alpha value is -1.11. The molecular formula is C14H22N2O3S. The van der Waals surface area contributed by atoms with E-state index in [1.807, 2.05) is 25.1 Å². The SMILES string of the molecule is COCCCS(=O)(=O)N1CCc2cc(C(C)N)ccc21. The van der Waals surface area contributed by atoms with E-state index in [9.17, 15) is 8.42 Å². The van der Waals surface area contributed by atoms with Crippen LogP contribution < -0.4 is 10.0 Å². The lowest BCUT2D eigenvalue weighted by atomic mass is 10.0. The maximum absolute atomic E-state index is 12.3. The van der Waals surface area contributed by atoms with E-state index < -0.39 is 10.0 Å². The molecule has 6 heteroatoms. The number of nitrogens with zero attached hydrogens (tertiary/aromatic N) is 1. The second-order valence-electron chi connectivity index (χ2n) is 5.16. The van der Waals surface area contributed by atoms with Crippen LogP contribution in [0.15, 0.2) is 18.2 Å². The van der Waals surface area contributed by atoms with Gasteiger partial charge >= 0.3 is 0 Å². The molecule has 1 aromatic carbocycles. The monoisotopic (exact) mass is 298 g/mol. The third kappa shape index (κ3) is 3.13. The van der Waals surface area contributed by atoms with Crippen LogP contribution in [0.1, 0.15) is 30.5 Å². The summed E-state index contributed by atoms with van der Waals surface area (Å²) in [5.41, 5.74) is 8.77. The van der Waals surface area contributed by atoms with Gasteiger partial charge in [-0.3, -0.25) is 4.31 Å². The first-order valence-corrected chi connectivity index (χ1v) is 8.44. The molecule has 1 aliphatic heterocycles. The van der Waals surface area contributed by atoms with Crippen LogP contribution in [0.5, 0.6) is 0 Å². The normalized spacial score (nSPS) is 16.2. The van der Waals surface area contributed by atoms with Gasteiger partial charge < -0.3 is 10.5 Å². The smallest absolute Gasteiger partial charge is 0.235 e. The molecular weight excluding hydrogens is 276 g/mol. The van der Waals surface area contributed by atoms with E-state index in [2.05, 4.69) is 0 Å². The average molecular weight is 298 g/mol. The topological polar surface area (TPSA) is 72.6 Å². The number of methoxy groups -OCH3 is 1. The number of anilines is 1. The Balaban J connectivity index is 2.19. The minimum atomic E-state index is -3.26. The summed E-state index contributed by atoms with van der Waals surface area (Å²) in [6, 6.07) is 5.76. The number of benzene rings is 1. The lowest BCUT2D eigenvalue weighted by molar-refractivity contribution is 0.199. The lowest BCUT2D eigenvalue weighted by Gasteiger charge is -2.20. The zero-order chi connectivity index (χ0) is 14.8. The second kappa shape index (κ2) is 6.11. The summed E-state index contributed by atoms with van der Waals surface area (Å²) in [6.07, 6.45) is 1.27. The Bertz CT molecular complexity index is 570. The lowest BCUT2D eigenvalue weighted by Crippen LogP contribution is -2.31. The third-order valence-corrected chi connectivity index (χ3v) is 5.42. The molecule has 0 spiro atoms. The van der Waals surface area contributed by atoms with Crippen molar-refractivity contribution in [1.82, 2.24) is 0 Å². The molecule has 0 fully saturated rings. The first-order valence-electron chi connectivity index (χ1n) is 6.83. The van der Waals surface area contributed by atoms with Crippen molar-refractivity contribution >= 4 is 15.7 Å². The van der Waals surface area contributed by atoms with Gasteiger partial charge in [-0.25, -0.2) is 8.42 Å². The van der Waals surface area contributed by atoms with E-state index in [0.29, 0.717) is 19.6 Å². The number of ether oxygens (including phenoxy) is 1. The van der Waals surface area contributed by atoms with E-state index in [1.54, 1.807) is 7.11 Å². The van der Waals surface area contributed by atoms with Crippen LogP contribution in [0, 0.1) is 0 Å². The zero-order valence-electron chi connectivity index (χ0n) is 12.0. The first kappa shape index (κ1) is 15.3. The van der Waals surface area contributed by atoms with E-state index >= 15 is 0 Å². The standard InChI is InChI=1S/C14H22N2O3S/c1-11(15)12-4-5-14-13(10-12)6-7-16(14)20(17,18)9-3-8-19-2/h4-5,10-11H,3,6-9,15H2,1-2H3. The molecule has 0 saturated carbocycles. The summed E-state index contributed by atoms with van der Waals surface area (Å²) in [7, 11) is -1.68. The molecule has 0 bridgehead atoms. The van der Waals surface area contributed by atoms with E-state index in [4.69, 9.17) is 10.5 Å². The summed E-state index contributed by atoms with van der Waals surface area (Å²) in [5.74, 6) is 0.120. The second-order valence-corrected chi connectivity index (χ2v) is 7.17. The van der Waals surface area contributed by atoms with Crippen LogP contribution in [-0.2, 0) is 21.2 Å². The molecule has 2 rings (SSSR count). The van der Waals surface area contributed by atoms with Crippen LogP contribution >= 0.6 is 0 Å². The van der Waals surface area contributed by atoms with Crippen LogP contribution in [0.2, 0.25) is 0 Å². The molecule has 2 N–H and O–H groups in total. The number of sulfonamides is 1. The first-order chi connectivity index (χ1) is 9.45. The van der Waals surface area contributed by atoms with Crippen molar-refractivity contribution in [3.63, 3.8) is 0 Å². The largest absolute Gasteiger partial charge is 0.385 e. The van der Waals surface area contributed by atoms with Crippen molar-refractivity contribution in [2.45, 2.75) is 25.8 Å². The van der Waals surface area contributed by atoms with Gasteiger partial charge in [-0.15, -0.1) is 0 Å². The highest BCUT2D eigenvalue weighted by Gasteiger charge is 2.29. The van der Waals surface area contributed by atoms with Crippen molar-refractivity contribution < 1.29 is 13.2 Å². The molecule has 1 heterocycles. The minimum Gasteiger partial charge on any atom is -0.385 e. The maximum Gasteiger partial charge on any atom is 0.235 e. The summed E-state index contributed by atoms with van der Waals surface area (Å²) in [6.45, 7) is 2.91. The molecule has 1 aromatic rings. The van der Waals surface area contributed by atoms with Crippen LogP contribution in [0.25, 0.3) is 0 Å². The molecule has 0 amide bonds. The van der Waals surface area contributed by atoms with Crippen molar-refractivity contribution in [3.05, 3.63) is 29.3 Å². The fourth-order valence-electron chi connectivity index (χ4n) is 2.46. The molecule has 112 valence electrons. The molecule has 0 saturated heterocycles. The number of nitrogens with two attached hydrogens (primary N) is 1. The number of hydrogen-bond acceptors (Lipinski definition) is 4. The van der Waals surface area contributed by atoms with Crippen LogP contribution in [0.4, 0.5) is 5.69 Å². The predicted octanol–water partition coefficient (Wildman–Crippen LogP) is 1.44. The van der Waals surface area contributed by atoms with E-state index in [0.717, 1.165) is 23.2 Å². The maximum atomic E-state index is 12.3. The van der Waals surface area contributed by atoms with E-state index in [-0.39, 0.29) is 11.8 Å². The molecule has 0 aromatic heterocycles. The van der Waals surface area contributed by atoms with Gasteiger partial charge in [0.15, 0.2) is 0 Å². The summed E-state index contributed by atoms with van der Waals surface area (Å²) in [4.78, 5) is 0. The summed E-state index contributed by atoms with van der Waals surface area (Å²) in [5, 5.41) is 0. The Morgan fingerprint density at radius 2 is 2.20 bits per heavy atom. The summed E-state index contributed by atoms with van der Waals surface area (Å²) < 4.78 is 31.1. The van der Waals surface area contributed by atoms with Crippen LogP contribution in [-0.4, -0.2) is 34.4 Å². The molecule has 0 radical (unpaired) electrons. The number of fused-ring (bicyclic) bond motifs is 1. The van der Waals surface area contributed by atoms with Crippen molar-refractivity contribution in [2.24, 2.45) is 5.73 Å². The highest BCUT2D eigenvalue weighted by molar-refractivity contribution is 7.92. The van der Waals surface area contributed by atoms with Crippen molar-refractivity contribution in [3.8, 4) is 0 Å². The number of hydrogen-bond donors (Lipinski definition) is 1. The molecule has 5 nitrogen and oxygen atoms in total. The quantitative estimate of drug-likeness (QED) is 0.807. The van der Waals surface area contributed by atoms with Gasteiger partial charge in [-0.05, 0) is 37.0 Å². The Kier molecular flexibility index (Phi) is 4.67. The van der Waals surface area contributed by atoms with Crippen molar-refractivity contribution in [2.75, 3.05) is 30.3 Å². The molecule has 20 heavy (non-hydrogen) atoms. The van der Waals surface area contributed by atoms with Gasteiger partial charge in [-0.1, -0.05) is 12.1 Å². The fraction of sp³-hybridized carbons (Fsp3) is 0.571. The van der Waals surface area contributed by atoms with Gasteiger partial charge in [-0.2, -0.15) is 0 Å². The summed E-state index contributed by atoms with van der Waals surface area (Å²) >= 11 is 0. The molecule has 1 aliphatic rings. The fourth-order valence-corrected chi connectivity index (χ4v) is 4.01. The van der Waals surface area contributed by atoms with Gasteiger partial charge in [0.2, 0.25) is 10.0 Å². The minimum absolute atomic E-state index is 0.0346. The highest BCUT2D eigenvalue weighted by atomic mass is 32.2. The Morgan fingerprint density at radius 3 is 2.85 bits per heavy atom. The third-order valence-electron chi connectivity index (χ3n) is 3.57. The predicted molar refractivity (Wildman–Crippen MR) is 80.4 cm³/mol. The number of rotatable bonds is 6. The molecule has 0 aliphatic carbocycles. The van der Waals surface area contributed by atoms with Crippen LogP contribution in [0.3, 0.4) is 0 Å². The molecule has 1 atom stereocenters. The van der Waals surface area contributed by atoms with Gasteiger partial charge in [0.05, 0.1) is 11.4 Å².